The Morgan fingerprint density at radius 1 is 1.00 bits per heavy atom. The molecule has 162 valence electrons. The monoisotopic (exact) mass is 472 g/mol. The maximum atomic E-state index is 12.4. The van der Waals surface area contributed by atoms with Crippen LogP contribution in [0.5, 0.6) is 0 Å². The molecule has 3 aromatic heterocycles. The van der Waals surface area contributed by atoms with Crippen LogP contribution < -0.4 is 10.9 Å². The number of halogens is 1. The maximum absolute atomic E-state index is 12.4. The van der Waals surface area contributed by atoms with E-state index in [0.717, 1.165) is 21.5 Å². The fourth-order valence-electron chi connectivity index (χ4n) is 3.46. The van der Waals surface area contributed by atoms with Crippen molar-refractivity contribution in [1.29, 1.82) is 0 Å². The molecule has 8 heteroatoms. The van der Waals surface area contributed by atoms with Crippen LogP contribution in [0, 0.1) is 0 Å². The van der Waals surface area contributed by atoms with Crippen LogP contribution in [-0.4, -0.2) is 20.4 Å². The fraction of sp³-hybridized carbons (Fsp3) is 0.0400. The maximum Gasteiger partial charge on any atom is 0.290 e. The highest BCUT2D eigenvalue weighted by Gasteiger charge is 2.12. The van der Waals surface area contributed by atoms with E-state index in [1.807, 2.05) is 59.2 Å². The van der Waals surface area contributed by atoms with Crippen LogP contribution in [0.2, 0.25) is 5.02 Å². The highest BCUT2D eigenvalue weighted by molar-refractivity contribution is 7.22. The Balaban J connectivity index is 1.41. The molecule has 0 aliphatic heterocycles. The predicted octanol–water partition coefficient (Wildman–Crippen LogP) is 5.47. The standard InChI is InChI=1S/C25H17ClN4O2S/c26-18-8-4-16(5-9-18)14-30-15-28-25(32)23-21(30)13-22(33-23)17-6-10-19(11-7-17)29-24(31)20-3-1-2-12-27-20/h1-13,15H,14H2,(H,29,31). The van der Waals surface area contributed by atoms with Crippen LogP contribution in [0.1, 0.15) is 16.1 Å². The van der Waals surface area contributed by atoms with E-state index in [1.54, 1.807) is 30.7 Å². The molecule has 33 heavy (non-hydrogen) atoms. The van der Waals surface area contributed by atoms with Gasteiger partial charge in [0.05, 0.1) is 11.8 Å². The van der Waals surface area contributed by atoms with E-state index < -0.39 is 0 Å². The van der Waals surface area contributed by atoms with Crippen LogP contribution in [0.3, 0.4) is 0 Å². The lowest BCUT2D eigenvalue weighted by atomic mass is 10.1. The van der Waals surface area contributed by atoms with Gasteiger partial charge in [-0.25, -0.2) is 0 Å². The number of aromatic nitrogens is 3. The Morgan fingerprint density at radius 2 is 1.79 bits per heavy atom. The molecule has 0 radical (unpaired) electrons. The van der Waals surface area contributed by atoms with Gasteiger partial charge in [0.15, 0.2) is 0 Å². The normalized spacial score (nSPS) is 10.9. The van der Waals surface area contributed by atoms with Crippen molar-refractivity contribution in [3.8, 4) is 10.4 Å². The summed E-state index contributed by atoms with van der Waals surface area (Å²) in [6.45, 7) is 0.579. The predicted molar refractivity (Wildman–Crippen MR) is 132 cm³/mol. The molecule has 1 N–H and O–H groups in total. The van der Waals surface area contributed by atoms with Crippen LogP contribution in [0.15, 0.2) is 90.1 Å². The number of hydrogen-bond donors (Lipinski definition) is 1. The molecule has 0 bridgehead atoms. The van der Waals surface area contributed by atoms with Gasteiger partial charge in [-0.05, 0) is 53.6 Å². The molecule has 0 saturated heterocycles. The Hall–Kier alpha value is -3.81. The average Bonchev–Trinajstić information content (AvgIpc) is 3.30. The van der Waals surface area contributed by atoms with Gasteiger partial charge in [0.1, 0.15) is 10.4 Å². The number of fused-ring (bicyclic) bond motifs is 1. The van der Waals surface area contributed by atoms with Crippen molar-refractivity contribution in [2.45, 2.75) is 6.54 Å². The van der Waals surface area contributed by atoms with Crippen LogP contribution in [-0.2, 0) is 6.54 Å². The van der Waals surface area contributed by atoms with E-state index in [-0.39, 0.29) is 11.5 Å². The van der Waals surface area contributed by atoms with Crippen molar-refractivity contribution in [2.24, 2.45) is 0 Å². The highest BCUT2D eigenvalue weighted by atomic mass is 35.5. The highest BCUT2D eigenvalue weighted by Crippen LogP contribution is 2.32. The summed E-state index contributed by atoms with van der Waals surface area (Å²) in [5.74, 6) is -0.268. The average molecular weight is 473 g/mol. The molecular formula is C25H17ClN4O2S. The summed E-state index contributed by atoms with van der Waals surface area (Å²) in [6.07, 6.45) is 3.16. The molecule has 0 unspecified atom stereocenters. The smallest absolute Gasteiger partial charge is 0.290 e. The SMILES string of the molecule is O=C(Nc1ccc(-c2cc3c(s2)c(=O)ncn3Cc2ccc(Cl)cc2)cc1)c1ccccn1. The van der Waals surface area contributed by atoms with Crippen LogP contribution >= 0.6 is 22.9 Å². The number of anilines is 1. The number of nitrogens with zero attached hydrogens (tertiary/aromatic N) is 3. The molecule has 0 atom stereocenters. The lowest BCUT2D eigenvalue weighted by Crippen LogP contribution is -2.13. The Morgan fingerprint density at radius 3 is 2.52 bits per heavy atom. The molecule has 3 heterocycles. The number of hydrogen-bond acceptors (Lipinski definition) is 5. The van der Waals surface area contributed by atoms with E-state index >= 15 is 0 Å². The van der Waals surface area contributed by atoms with E-state index in [0.29, 0.717) is 27.6 Å². The molecular weight excluding hydrogens is 456 g/mol. The van der Waals surface area contributed by atoms with Gasteiger partial charge in [-0.2, -0.15) is 4.98 Å². The van der Waals surface area contributed by atoms with Crippen LogP contribution in [0.4, 0.5) is 5.69 Å². The summed E-state index contributed by atoms with van der Waals surface area (Å²) in [7, 11) is 0. The lowest BCUT2D eigenvalue weighted by molar-refractivity contribution is 0.102. The second kappa shape index (κ2) is 8.97. The Bertz CT molecular complexity index is 1490. The Kier molecular flexibility index (Phi) is 5.73. The van der Waals surface area contributed by atoms with Crippen molar-refractivity contribution in [3.05, 3.63) is 112 Å². The zero-order valence-electron chi connectivity index (χ0n) is 17.2. The molecule has 6 nitrogen and oxygen atoms in total. The van der Waals surface area contributed by atoms with E-state index in [1.165, 1.54) is 11.3 Å². The molecule has 5 rings (SSSR count). The number of thiophene rings is 1. The van der Waals surface area contributed by atoms with E-state index in [9.17, 15) is 9.59 Å². The zero-order chi connectivity index (χ0) is 22.8. The van der Waals surface area contributed by atoms with Gasteiger partial charge in [0, 0.05) is 28.3 Å². The second-order valence-electron chi connectivity index (χ2n) is 7.38. The largest absolute Gasteiger partial charge is 0.326 e. The van der Waals surface area contributed by atoms with Gasteiger partial charge in [0.25, 0.3) is 11.5 Å². The zero-order valence-corrected chi connectivity index (χ0v) is 18.8. The first-order chi connectivity index (χ1) is 16.1. The van der Waals surface area contributed by atoms with Gasteiger partial charge in [0.2, 0.25) is 0 Å². The van der Waals surface area contributed by atoms with Gasteiger partial charge >= 0.3 is 0 Å². The summed E-state index contributed by atoms with van der Waals surface area (Å²) >= 11 is 7.39. The minimum atomic E-state index is -0.268. The van der Waals surface area contributed by atoms with Gasteiger partial charge < -0.3 is 9.88 Å². The quantitative estimate of drug-likeness (QED) is 0.367. The first kappa shape index (κ1) is 21.1. The molecule has 0 fully saturated rings. The van der Waals surface area contributed by atoms with Crippen molar-refractivity contribution in [1.82, 2.24) is 14.5 Å². The molecule has 0 aliphatic carbocycles. The number of pyridine rings is 1. The van der Waals surface area contributed by atoms with Gasteiger partial charge in [-0.1, -0.05) is 41.9 Å². The van der Waals surface area contributed by atoms with Gasteiger partial charge in [-0.3, -0.25) is 14.6 Å². The van der Waals surface area contributed by atoms with Crippen molar-refractivity contribution in [3.63, 3.8) is 0 Å². The summed E-state index contributed by atoms with van der Waals surface area (Å²) in [6, 6.07) is 22.3. The topological polar surface area (TPSA) is 76.9 Å². The van der Waals surface area contributed by atoms with Crippen molar-refractivity contribution >= 4 is 44.7 Å². The number of nitrogens with one attached hydrogen (secondary N) is 1. The third-order valence-electron chi connectivity index (χ3n) is 5.12. The Labute approximate surface area is 198 Å². The molecule has 0 aliphatic rings. The molecule has 2 aromatic carbocycles. The summed E-state index contributed by atoms with van der Waals surface area (Å²) in [4.78, 5) is 33.8. The second-order valence-corrected chi connectivity index (χ2v) is 8.86. The molecule has 1 amide bonds. The third kappa shape index (κ3) is 4.55. The summed E-state index contributed by atoms with van der Waals surface area (Å²) < 4.78 is 2.57. The number of rotatable bonds is 5. The lowest BCUT2D eigenvalue weighted by Gasteiger charge is -2.07. The first-order valence-corrected chi connectivity index (χ1v) is 11.3. The number of carbonyl (C=O) groups excluding carboxylic acids is 1. The first-order valence-electron chi connectivity index (χ1n) is 10.1. The minimum Gasteiger partial charge on any atom is -0.326 e. The number of amides is 1. The van der Waals surface area contributed by atoms with E-state index in [2.05, 4.69) is 15.3 Å². The third-order valence-corrected chi connectivity index (χ3v) is 6.53. The van der Waals surface area contributed by atoms with Gasteiger partial charge in [-0.15, -0.1) is 11.3 Å². The summed E-state index contributed by atoms with van der Waals surface area (Å²) in [5.41, 5.74) is 3.62. The molecule has 0 saturated carbocycles. The molecule has 5 aromatic rings. The summed E-state index contributed by atoms with van der Waals surface area (Å²) in [5, 5.41) is 3.52. The molecule has 0 spiro atoms. The number of benzene rings is 2. The fourth-order valence-corrected chi connectivity index (χ4v) is 4.65. The van der Waals surface area contributed by atoms with Crippen LogP contribution in [0.25, 0.3) is 20.7 Å². The van der Waals surface area contributed by atoms with Crippen molar-refractivity contribution in [2.75, 3.05) is 5.32 Å². The minimum absolute atomic E-state index is 0.243. The van der Waals surface area contributed by atoms with Crippen molar-refractivity contribution < 1.29 is 4.79 Å². The number of carbonyl (C=O) groups is 1. The van der Waals surface area contributed by atoms with E-state index in [4.69, 9.17) is 11.6 Å².